The minimum absolute atomic E-state index is 1.20. The van der Waals surface area contributed by atoms with Crippen LogP contribution in [0.5, 0.6) is 0 Å². The minimum atomic E-state index is -6.09. The highest BCUT2D eigenvalue weighted by molar-refractivity contribution is 8.03. The summed E-state index contributed by atoms with van der Waals surface area (Å²) in [5.41, 5.74) is -5.65. The highest BCUT2D eigenvalue weighted by Gasteiger charge is 2.63. The maximum atomic E-state index is 10.7. The molecule has 0 N–H and O–H groups in total. The molecule has 0 aromatic heterocycles. The molecule has 6 aromatic carbocycles. The van der Waals surface area contributed by atoms with Crippen molar-refractivity contribution >= 4 is 56.9 Å². The Kier molecular flexibility index (Phi) is 10.7. The molecule has 4 nitrogen and oxygen atoms in total. The summed E-state index contributed by atoms with van der Waals surface area (Å²) in [5.74, 6) is 0. The maximum absolute atomic E-state index is 10.7. The van der Waals surface area contributed by atoms with E-state index in [-0.39, 0.29) is 0 Å². The first-order valence-electron chi connectivity index (χ1n) is 14.4. The van der Waals surface area contributed by atoms with Crippen molar-refractivity contribution in [3.63, 3.8) is 0 Å². The predicted octanol–water partition coefficient (Wildman–Crippen LogP) is 6.87. The predicted molar refractivity (Wildman–Crippen MR) is 187 cm³/mol. The van der Waals surface area contributed by atoms with E-state index >= 15 is 0 Å². The molecule has 0 radical (unpaired) electrons. The van der Waals surface area contributed by atoms with Gasteiger partial charge in [-0.1, -0.05) is 114 Å². The van der Waals surface area contributed by atoms with E-state index in [1.807, 2.05) is 0 Å². The second-order valence-corrected chi connectivity index (χ2v) is 17.8. The summed E-state index contributed by atoms with van der Waals surface area (Å²) in [7, 11) is -11.3. The van der Waals surface area contributed by atoms with Crippen molar-refractivity contribution < 1.29 is 30.5 Å². The molecule has 0 bridgehead atoms. The fraction of sp³-hybridized carbons (Fsp3) is 0.0270. The Morgan fingerprint density at radius 3 is 0.681 bits per heavy atom. The van der Waals surface area contributed by atoms with Crippen molar-refractivity contribution in [1.82, 2.24) is 0 Å². The van der Waals surface area contributed by atoms with Gasteiger partial charge in [0.1, 0.15) is 31.8 Å². The van der Waals surface area contributed by atoms with Crippen molar-refractivity contribution in [2.45, 2.75) is 5.51 Å². The molecule has 0 aliphatic carbocycles. The number of hydrogen-bond donors (Lipinski definition) is 0. The zero-order chi connectivity index (χ0) is 33.4. The summed E-state index contributed by atoms with van der Waals surface area (Å²) in [6.07, 6.45) is 0. The summed E-state index contributed by atoms with van der Waals surface area (Å²) in [6, 6.07) is 65.0. The van der Waals surface area contributed by atoms with Crippen LogP contribution in [0, 0.1) is 0 Å². The molecule has 10 heteroatoms. The third kappa shape index (κ3) is 7.38. The SMILES string of the molecule is O=S(=O)([O-])C(F)(F)F.c1ccc([P+](O[P+](c2ccccc2)(c2ccccc2)c2ccccc2)(c2ccccc2)c2ccccc2)cc1. The maximum Gasteiger partial charge on any atom is 0.485 e. The molecule has 0 spiro atoms. The number of benzene rings is 6. The van der Waals surface area contributed by atoms with Gasteiger partial charge in [0.25, 0.3) is 15.0 Å². The van der Waals surface area contributed by atoms with E-state index in [2.05, 4.69) is 182 Å². The van der Waals surface area contributed by atoms with Gasteiger partial charge in [-0.05, 0) is 72.8 Å². The summed E-state index contributed by atoms with van der Waals surface area (Å²) >= 11 is 0. The van der Waals surface area contributed by atoms with E-state index in [4.69, 9.17) is 17.3 Å². The standard InChI is InChI=1S/C36H30OP2.CHF3O3S/c1-7-19-31(20-8-1)38(32-21-9-2-10-22-32,33-23-11-3-12-24-33)37-39(34-25-13-4-14-26-34,35-27-15-5-16-28-35)36-29-17-6-18-30-36;2-1(3,4)8(5,6)7/h1-30H;(H,5,6,7)/q+2;/p-1. The van der Waals surface area contributed by atoms with Crippen LogP contribution in [0.3, 0.4) is 0 Å². The van der Waals surface area contributed by atoms with Gasteiger partial charge in [-0.15, -0.1) is 0 Å². The lowest BCUT2D eigenvalue weighted by Crippen LogP contribution is -2.39. The van der Waals surface area contributed by atoms with E-state index in [9.17, 15) is 13.2 Å². The summed E-state index contributed by atoms with van der Waals surface area (Å²) in [6.45, 7) is 0. The van der Waals surface area contributed by atoms with Gasteiger partial charge in [-0.3, -0.25) is 0 Å². The van der Waals surface area contributed by atoms with Crippen molar-refractivity contribution in [3.8, 4) is 0 Å². The summed E-state index contributed by atoms with van der Waals surface area (Å²) < 4.78 is 67.1. The fourth-order valence-corrected chi connectivity index (χ4v) is 14.3. The monoisotopic (exact) mass is 689 g/mol. The third-order valence-corrected chi connectivity index (χ3v) is 15.9. The first-order chi connectivity index (χ1) is 22.6. The molecule has 6 rings (SSSR count). The number of halogens is 3. The highest BCUT2D eigenvalue weighted by Crippen LogP contribution is 2.72. The Hall–Kier alpha value is -4.16. The van der Waals surface area contributed by atoms with Crippen LogP contribution in [-0.2, 0) is 14.4 Å². The van der Waals surface area contributed by atoms with Crippen LogP contribution in [-0.4, -0.2) is 18.5 Å². The number of alkyl halides is 3. The molecule has 0 saturated carbocycles. The van der Waals surface area contributed by atoms with E-state index < -0.39 is 30.6 Å². The summed E-state index contributed by atoms with van der Waals surface area (Å²) in [5, 5.41) is 7.22. The molecule has 238 valence electrons. The van der Waals surface area contributed by atoms with Crippen LogP contribution in [0.4, 0.5) is 13.2 Å². The molecule has 0 aliphatic heterocycles. The molecule has 47 heavy (non-hydrogen) atoms. The van der Waals surface area contributed by atoms with E-state index in [1.165, 1.54) is 31.8 Å². The molecule has 6 aromatic rings. The van der Waals surface area contributed by atoms with Gasteiger partial charge < -0.3 is 4.55 Å². The van der Waals surface area contributed by atoms with Gasteiger partial charge in [-0.2, -0.15) is 13.2 Å². The quantitative estimate of drug-likeness (QED) is 0.0995. The Bertz CT molecular complexity index is 1630. The molecular formula is C37H30F3O4P2S+. The van der Waals surface area contributed by atoms with Crippen LogP contribution < -0.4 is 31.8 Å². The van der Waals surface area contributed by atoms with Crippen molar-refractivity contribution in [3.05, 3.63) is 182 Å². The Morgan fingerprint density at radius 1 is 0.404 bits per heavy atom. The van der Waals surface area contributed by atoms with Crippen molar-refractivity contribution in [2.24, 2.45) is 0 Å². The van der Waals surface area contributed by atoms with Gasteiger partial charge in [-0.25, -0.2) is 8.42 Å². The fourth-order valence-electron chi connectivity index (χ4n) is 5.19. The second kappa shape index (κ2) is 14.7. The Labute approximate surface area is 274 Å². The number of hydrogen-bond acceptors (Lipinski definition) is 4. The van der Waals surface area contributed by atoms with Crippen LogP contribution in [0.15, 0.2) is 182 Å². The minimum Gasteiger partial charge on any atom is -0.741 e. The third-order valence-electron chi connectivity index (χ3n) is 7.25. The lowest BCUT2D eigenvalue weighted by molar-refractivity contribution is -0.0517. The van der Waals surface area contributed by atoms with Gasteiger partial charge in [0.2, 0.25) is 0 Å². The van der Waals surface area contributed by atoms with Crippen LogP contribution in [0.2, 0.25) is 0 Å². The molecule has 0 fully saturated rings. The molecular weight excluding hydrogens is 659 g/mol. The normalized spacial score (nSPS) is 12.1. The molecule has 0 heterocycles. The average molecular weight is 690 g/mol. The molecule has 0 atom stereocenters. The van der Waals surface area contributed by atoms with Gasteiger partial charge >= 0.3 is 5.51 Å². The first kappa shape index (κ1) is 34.2. The lowest BCUT2D eigenvalue weighted by atomic mass is 10.4. The second-order valence-electron chi connectivity index (χ2n) is 10.2. The van der Waals surface area contributed by atoms with Crippen LogP contribution in [0.1, 0.15) is 0 Å². The smallest absolute Gasteiger partial charge is 0.485 e. The summed E-state index contributed by atoms with van der Waals surface area (Å²) in [4.78, 5) is 0. The van der Waals surface area contributed by atoms with Gasteiger partial charge in [0, 0.05) is 0 Å². The molecule has 0 amide bonds. The van der Waals surface area contributed by atoms with E-state index in [0.717, 1.165) is 0 Å². The zero-order valence-corrected chi connectivity index (χ0v) is 27.5. The topological polar surface area (TPSA) is 66.4 Å². The van der Waals surface area contributed by atoms with Crippen molar-refractivity contribution in [1.29, 1.82) is 0 Å². The van der Waals surface area contributed by atoms with Gasteiger partial charge in [0.15, 0.2) is 10.1 Å². The van der Waals surface area contributed by atoms with E-state index in [1.54, 1.807) is 0 Å². The molecule has 0 aliphatic rings. The zero-order valence-electron chi connectivity index (χ0n) is 24.9. The lowest BCUT2D eigenvalue weighted by Gasteiger charge is -2.31. The van der Waals surface area contributed by atoms with Crippen LogP contribution >= 0.6 is 15.0 Å². The number of rotatable bonds is 8. The van der Waals surface area contributed by atoms with Crippen LogP contribution in [0.25, 0.3) is 0 Å². The highest BCUT2D eigenvalue weighted by atomic mass is 32.2. The largest absolute Gasteiger partial charge is 0.741 e. The molecule has 0 saturated heterocycles. The van der Waals surface area contributed by atoms with Crippen molar-refractivity contribution in [2.75, 3.05) is 0 Å². The Morgan fingerprint density at radius 2 is 0.553 bits per heavy atom. The van der Waals surface area contributed by atoms with E-state index in [0.29, 0.717) is 0 Å². The first-order valence-corrected chi connectivity index (χ1v) is 19.3. The Balaban J connectivity index is 0.000000483. The average Bonchev–Trinajstić information content (AvgIpc) is 3.11. The van der Waals surface area contributed by atoms with Gasteiger partial charge in [0.05, 0.1) is 0 Å². The molecule has 0 unspecified atom stereocenters.